The average Bonchev–Trinajstić information content (AvgIpc) is 3.58. The van der Waals surface area contributed by atoms with Crippen molar-refractivity contribution in [2.45, 2.75) is 24.3 Å². The van der Waals surface area contributed by atoms with Gasteiger partial charge in [-0.25, -0.2) is 9.59 Å². The first kappa shape index (κ1) is 23.9. The number of carbonyl (C=O) groups excluding carboxylic acids is 4. The molecule has 0 aromatic heterocycles. The average molecular weight is 513 g/mol. The highest BCUT2D eigenvalue weighted by Gasteiger charge is 2.43. The highest BCUT2D eigenvalue weighted by atomic mass is 16.7. The minimum absolute atomic E-state index is 0.0639. The lowest BCUT2D eigenvalue weighted by atomic mass is 9.94. The first-order valence-corrected chi connectivity index (χ1v) is 12.4. The minimum atomic E-state index is -1.08. The molecule has 192 valence electrons. The molecule has 0 radical (unpaired) electrons. The summed E-state index contributed by atoms with van der Waals surface area (Å²) in [5, 5.41) is 3.25. The summed E-state index contributed by atoms with van der Waals surface area (Å²) in [5.74, 6) is -2.37. The van der Waals surface area contributed by atoms with E-state index >= 15 is 0 Å². The number of rotatable bonds is 6. The Morgan fingerprint density at radius 3 is 1.97 bits per heavy atom. The van der Waals surface area contributed by atoms with E-state index in [0.29, 0.717) is 18.1 Å². The Bertz CT molecular complexity index is 1380. The van der Waals surface area contributed by atoms with Crippen molar-refractivity contribution >= 4 is 23.9 Å². The summed E-state index contributed by atoms with van der Waals surface area (Å²) in [7, 11) is 0. The van der Waals surface area contributed by atoms with Gasteiger partial charge in [-0.2, -0.15) is 0 Å². The maximum Gasteiger partial charge on any atom is 0.407 e. The summed E-state index contributed by atoms with van der Waals surface area (Å²) in [6, 6.07) is 22.3. The van der Waals surface area contributed by atoms with Gasteiger partial charge in [0.05, 0.1) is 29.7 Å². The van der Waals surface area contributed by atoms with Crippen LogP contribution in [0.3, 0.4) is 0 Å². The van der Waals surface area contributed by atoms with Crippen molar-refractivity contribution in [3.63, 3.8) is 0 Å². The molecular weight excluding hydrogens is 488 g/mol. The predicted octanol–water partition coefficient (Wildman–Crippen LogP) is 3.83. The summed E-state index contributed by atoms with van der Waals surface area (Å²) in [5.41, 5.74) is 3.66. The topological polar surface area (TPSA) is 111 Å². The van der Waals surface area contributed by atoms with Gasteiger partial charge in [0.2, 0.25) is 0 Å². The maximum atomic E-state index is 12.9. The van der Waals surface area contributed by atoms with Crippen LogP contribution in [0.15, 0.2) is 72.8 Å². The molecule has 1 N–H and O–H groups in total. The molecular formula is C29H24N2O7. The van der Waals surface area contributed by atoms with Gasteiger partial charge in [0.1, 0.15) is 6.61 Å². The highest BCUT2D eigenvalue weighted by Crippen LogP contribution is 2.44. The Balaban J connectivity index is 1.11. The number of hydrogen-bond donors (Lipinski definition) is 1. The second kappa shape index (κ2) is 9.42. The van der Waals surface area contributed by atoms with Crippen LogP contribution in [-0.4, -0.2) is 54.3 Å². The van der Waals surface area contributed by atoms with E-state index in [9.17, 15) is 19.2 Å². The molecule has 0 spiro atoms. The minimum Gasteiger partial charge on any atom is -0.449 e. The van der Waals surface area contributed by atoms with E-state index in [-0.39, 0.29) is 36.7 Å². The number of nitrogens with zero attached hydrogens (tertiary/aromatic N) is 1. The van der Waals surface area contributed by atoms with Crippen LogP contribution < -0.4 is 5.32 Å². The Labute approximate surface area is 218 Å². The molecule has 1 atom stereocenters. The van der Waals surface area contributed by atoms with E-state index in [2.05, 4.69) is 17.4 Å². The Kier molecular flexibility index (Phi) is 5.92. The lowest BCUT2D eigenvalue weighted by Gasteiger charge is -2.28. The molecule has 6 rings (SSSR count). The molecule has 2 aliphatic heterocycles. The van der Waals surface area contributed by atoms with E-state index in [4.69, 9.17) is 14.3 Å². The van der Waals surface area contributed by atoms with Gasteiger partial charge in [-0.3, -0.25) is 9.59 Å². The van der Waals surface area contributed by atoms with Crippen LogP contribution in [0.1, 0.15) is 50.6 Å². The van der Waals surface area contributed by atoms with Crippen LogP contribution in [0.4, 0.5) is 4.79 Å². The van der Waals surface area contributed by atoms with Crippen molar-refractivity contribution in [2.24, 2.45) is 0 Å². The number of fused-ring (bicyclic) bond motifs is 4. The fourth-order valence-electron chi connectivity index (χ4n) is 5.40. The Morgan fingerprint density at radius 2 is 1.42 bits per heavy atom. The molecule has 0 bridgehead atoms. The van der Waals surface area contributed by atoms with Crippen molar-refractivity contribution in [3.8, 4) is 11.1 Å². The first-order chi connectivity index (χ1) is 18.5. The van der Waals surface area contributed by atoms with Gasteiger partial charge in [0.25, 0.3) is 11.8 Å². The number of amides is 3. The molecule has 0 saturated carbocycles. The monoisotopic (exact) mass is 512 g/mol. The molecule has 3 aliphatic rings. The summed E-state index contributed by atoms with van der Waals surface area (Å²) in [6.07, 6.45) is -0.648. The molecule has 38 heavy (non-hydrogen) atoms. The zero-order valence-electron chi connectivity index (χ0n) is 20.3. The van der Waals surface area contributed by atoms with Gasteiger partial charge in [-0.15, -0.1) is 0 Å². The first-order valence-electron chi connectivity index (χ1n) is 12.4. The fourth-order valence-corrected chi connectivity index (χ4v) is 5.40. The van der Waals surface area contributed by atoms with Crippen LogP contribution in [0, 0.1) is 0 Å². The number of hydroxylamine groups is 2. The number of alkyl carbamates (subject to hydrolysis) is 1. The SMILES string of the molecule is O=C(CC1(NC(=O)OCC2c3ccccc3-c3ccccc32)CCOC1)ON1C(=O)c2ccccc2C1=O. The second-order valence-corrected chi connectivity index (χ2v) is 9.62. The molecule has 3 aromatic rings. The van der Waals surface area contributed by atoms with Crippen molar-refractivity contribution in [1.82, 2.24) is 10.4 Å². The third kappa shape index (κ3) is 4.10. The predicted molar refractivity (Wildman–Crippen MR) is 134 cm³/mol. The normalized spacial score (nSPS) is 19.6. The molecule has 9 nitrogen and oxygen atoms in total. The lowest BCUT2D eigenvalue weighted by molar-refractivity contribution is -0.170. The van der Waals surface area contributed by atoms with E-state index in [0.717, 1.165) is 22.3 Å². The Hall–Kier alpha value is -4.50. The zero-order valence-corrected chi connectivity index (χ0v) is 20.3. The smallest absolute Gasteiger partial charge is 0.407 e. The van der Waals surface area contributed by atoms with Crippen LogP contribution in [-0.2, 0) is 19.1 Å². The molecule has 9 heteroatoms. The van der Waals surface area contributed by atoms with Gasteiger partial charge in [-0.05, 0) is 40.8 Å². The van der Waals surface area contributed by atoms with Crippen molar-refractivity contribution in [2.75, 3.05) is 19.8 Å². The molecule has 1 unspecified atom stereocenters. The number of nitrogens with one attached hydrogen (secondary N) is 1. The van der Waals surface area contributed by atoms with Crippen LogP contribution in [0.5, 0.6) is 0 Å². The number of imide groups is 1. The van der Waals surface area contributed by atoms with Gasteiger partial charge < -0.3 is 19.6 Å². The number of ether oxygens (including phenoxy) is 2. The van der Waals surface area contributed by atoms with Crippen molar-refractivity contribution in [3.05, 3.63) is 95.1 Å². The summed E-state index contributed by atoms with van der Waals surface area (Å²) in [4.78, 5) is 55.9. The van der Waals surface area contributed by atoms with E-state index in [1.165, 1.54) is 12.1 Å². The van der Waals surface area contributed by atoms with E-state index < -0.39 is 29.4 Å². The molecule has 1 aliphatic carbocycles. The van der Waals surface area contributed by atoms with Crippen molar-refractivity contribution in [1.29, 1.82) is 0 Å². The molecule has 2 heterocycles. The second-order valence-electron chi connectivity index (χ2n) is 9.62. The molecule has 1 saturated heterocycles. The zero-order chi connectivity index (χ0) is 26.3. The van der Waals surface area contributed by atoms with Crippen LogP contribution in [0.2, 0.25) is 0 Å². The lowest BCUT2D eigenvalue weighted by Crippen LogP contribution is -2.51. The van der Waals surface area contributed by atoms with E-state index in [1.54, 1.807) is 12.1 Å². The number of hydrogen-bond acceptors (Lipinski definition) is 7. The third-order valence-corrected chi connectivity index (χ3v) is 7.25. The van der Waals surface area contributed by atoms with Crippen LogP contribution in [0.25, 0.3) is 11.1 Å². The van der Waals surface area contributed by atoms with Crippen molar-refractivity contribution < 1.29 is 33.5 Å². The third-order valence-electron chi connectivity index (χ3n) is 7.25. The van der Waals surface area contributed by atoms with Gasteiger partial charge in [0, 0.05) is 12.5 Å². The molecule has 1 fully saturated rings. The highest BCUT2D eigenvalue weighted by molar-refractivity contribution is 6.20. The van der Waals surface area contributed by atoms with Gasteiger partial charge >= 0.3 is 12.1 Å². The quantitative estimate of drug-likeness (QED) is 0.500. The number of benzene rings is 3. The summed E-state index contributed by atoms with van der Waals surface area (Å²) in [6.45, 7) is 0.509. The van der Waals surface area contributed by atoms with Crippen LogP contribution >= 0.6 is 0 Å². The molecule has 3 amide bonds. The maximum absolute atomic E-state index is 12.9. The molecule has 3 aromatic carbocycles. The Morgan fingerprint density at radius 1 is 0.868 bits per heavy atom. The largest absolute Gasteiger partial charge is 0.449 e. The summed E-state index contributed by atoms with van der Waals surface area (Å²) < 4.78 is 11.1. The summed E-state index contributed by atoms with van der Waals surface area (Å²) >= 11 is 0. The van der Waals surface area contributed by atoms with E-state index in [1.807, 2.05) is 36.4 Å². The fraction of sp³-hybridized carbons (Fsp3) is 0.241. The standard InChI is InChI=1S/C29H24N2O7/c32-25(38-31-26(33)22-11-5-6-12-23(22)27(31)34)15-29(13-14-36-17-29)30-28(35)37-16-24-20-9-3-1-7-18(20)19-8-2-4-10-21(19)24/h1-12,24H,13-17H2,(H,30,35). The van der Waals surface area contributed by atoms with Gasteiger partial charge in [-0.1, -0.05) is 65.7 Å². The van der Waals surface area contributed by atoms with Gasteiger partial charge in [0.15, 0.2) is 0 Å². The number of carbonyl (C=O) groups is 4.